The molecule has 2 aromatic rings. The zero-order valence-electron chi connectivity index (χ0n) is 11.1. The standard InChI is InChI=1S/C11H7F3N4O4S/c1-2-3-23-9-6(18(21)22)4-5(17(19)20)7-8(9)16-10(15-7)11(12,13)14/h2,4H,1,3H2,(H,15,16). The Morgan fingerprint density at radius 3 is 2.39 bits per heavy atom. The zero-order valence-corrected chi connectivity index (χ0v) is 11.9. The summed E-state index contributed by atoms with van der Waals surface area (Å²) in [5, 5.41) is 22.1. The van der Waals surface area contributed by atoms with Crippen LogP contribution in [0.25, 0.3) is 11.0 Å². The van der Waals surface area contributed by atoms with E-state index in [4.69, 9.17) is 0 Å². The second kappa shape index (κ2) is 5.87. The van der Waals surface area contributed by atoms with E-state index in [2.05, 4.69) is 11.6 Å². The number of aromatic nitrogens is 2. The molecule has 0 atom stereocenters. The molecule has 0 saturated carbocycles. The van der Waals surface area contributed by atoms with Crippen LogP contribution in [0, 0.1) is 20.2 Å². The molecule has 1 heterocycles. The van der Waals surface area contributed by atoms with Gasteiger partial charge in [0.2, 0.25) is 5.82 Å². The minimum absolute atomic E-state index is 0.161. The lowest BCUT2D eigenvalue weighted by atomic mass is 10.2. The Morgan fingerprint density at radius 2 is 1.91 bits per heavy atom. The van der Waals surface area contributed by atoms with Crippen molar-refractivity contribution in [2.75, 3.05) is 5.75 Å². The Kier molecular flexibility index (Phi) is 4.27. The van der Waals surface area contributed by atoms with Gasteiger partial charge in [0.25, 0.3) is 5.69 Å². The summed E-state index contributed by atoms with van der Waals surface area (Å²) in [4.78, 5) is 25.1. The minimum Gasteiger partial charge on any atom is -0.333 e. The largest absolute Gasteiger partial charge is 0.449 e. The lowest BCUT2D eigenvalue weighted by molar-refractivity contribution is -0.394. The number of aromatic amines is 1. The fraction of sp³-hybridized carbons (Fsp3) is 0.182. The van der Waals surface area contributed by atoms with Gasteiger partial charge in [0.1, 0.15) is 4.90 Å². The highest BCUT2D eigenvalue weighted by Crippen LogP contribution is 2.41. The highest BCUT2D eigenvalue weighted by molar-refractivity contribution is 7.99. The van der Waals surface area contributed by atoms with Crippen LogP contribution >= 0.6 is 11.8 Å². The number of fused-ring (bicyclic) bond motifs is 1. The van der Waals surface area contributed by atoms with Crippen molar-refractivity contribution in [1.82, 2.24) is 9.97 Å². The third-order valence-corrected chi connectivity index (χ3v) is 3.79. The van der Waals surface area contributed by atoms with Gasteiger partial charge >= 0.3 is 11.9 Å². The molecule has 0 fully saturated rings. The number of alkyl halides is 3. The van der Waals surface area contributed by atoms with Crippen LogP contribution in [0.4, 0.5) is 24.5 Å². The topological polar surface area (TPSA) is 115 Å². The Labute approximate surface area is 129 Å². The Morgan fingerprint density at radius 1 is 1.30 bits per heavy atom. The molecule has 0 unspecified atom stereocenters. The van der Waals surface area contributed by atoms with Gasteiger partial charge in [-0.15, -0.1) is 18.3 Å². The quantitative estimate of drug-likeness (QED) is 0.381. The van der Waals surface area contributed by atoms with Gasteiger partial charge in [0.15, 0.2) is 5.52 Å². The number of thioether (sulfide) groups is 1. The lowest BCUT2D eigenvalue weighted by Gasteiger charge is -2.03. The summed E-state index contributed by atoms with van der Waals surface area (Å²) in [6.07, 6.45) is -3.48. The Hall–Kier alpha value is -2.63. The van der Waals surface area contributed by atoms with E-state index in [9.17, 15) is 33.4 Å². The van der Waals surface area contributed by atoms with E-state index in [0.29, 0.717) is 6.07 Å². The number of rotatable bonds is 5. The van der Waals surface area contributed by atoms with Gasteiger partial charge in [-0.1, -0.05) is 6.08 Å². The highest BCUT2D eigenvalue weighted by Gasteiger charge is 2.38. The smallest absolute Gasteiger partial charge is 0.333 e. The first-order valence-corrected chi connectivity index (χ1v) is 6.81. The predicted molar refractivity (Wildman–Crippen MR) is 75.3 cm³/mol. The van der Waals surface area contributed by atoms with Gasteiger partial charge in [-0.2, -0.15) is 13.2 Å². The molecule has 0 aliphatic rings. The number of hydrogen-bond acceptors (Lipinski definition) is 6. The molecule has 12 heteroatoms. The normalized spacial score (nSPS) is 11.6. The van der Waals surface area contributed by atoms with Crippen LogP contribution in [0.15, 0.2) is 23.6 Å². The molecule has 1 N–H and O–H groups in total. The molecule has 2 rings (SSSR count). The van der Waals surface area contributed by atoms with Gasteiger partial charge < -0.3 is 4.98 Å². The molecule has 1 aromatic heterocycles. The van der Waals surface area contributed by atoms with Crippen LogP contribution in [0.3, 0.4) is 0 Å². The van der Waals surface area contributed by atoms with Gasteiger partial charge in [0.05, 0.1) is 21.4 Å². The summed E-state index contributed by atoms with van der Waals surface area (Å²) in [5.41, 5.74) is -2.53. The van der Waals surface area contributed by atoms with Gasteiger partial charge in [-0.25, -0.2) is 4.98 Å². The van der Waals surface area contributed by atoms with E-state index in [0.717, 1.165) is 11.8 Å². The maximum Gasteiger partial charge on any atom is 0.449 e. The molecule has 23 heavy (non-hydrogen) atoms. The molecule has 0 bridgehead atoms. The number of H-pyrrole nitrogens is 1. The van der Waals surface area contributed by atoms with E-state index < -0.39 is 44.3 Å². The van der Waals surface area contributed by atoms with Crippen molar-refractivity contribution in [2.24, 2.45) is 0 Å². The first-order valence-electron chi connectivity index (χ1n) is 5.83. The van der Waals surface area contributed by atoms with Crippen molar-refractivity contribution in [1.29, 1.82) is 0 Å². The van der Waals surface area contributed by atoms with E-state index in [1.54, 1.807) is 0 Å². The van der Waals surface area contributed by atoms with Crippen LogP contribution in [-0.2, 0) is 6.18 Å². The average Bonchev–Trinajstić information content (AvgIpc) is 2.88. The van der Waals surface area contributed by atoms with Gasteiger partial charge in [0, 0.05) is 5.75 Å². The molecule has 0 aliphatic carbocycles. The van der Waals surface area contributed by atoms with Crippen LogP contribution in [-0.4, -0.2) is 25.6 Å². The third-order valence-electron chi connectivity index (χ3n) is 2.69. The van der Waals surface area contributed by atoms with Gasteiger partial charge in [-0.05, 0) is 0 Å². The van der Waals surface area contributed by atoms with Crippen LogP contribution in [0.2, 0.25) is 0 Å². The molecular weight excluding hydrogens is 341 g/mol. The zero-order chi connectivity index (χ0) is 17.4. The number of hydrogen-bond donors (Lipinski definition) is 1. The van der Waals surface area contributed by atoms with Crippen LogP contribution in [0.5, 0.6) is 0 Å². The second-order valence-corrected chi connectivity index (χ2v) is 5.19. The SMILES string of the molecule is C=CCSc1c([N+](=O)[O-])cc([N+](=O)[O-])c2nc(C(F)(F)F)[nH]c12. The molecule has 0 aliphatic heterocycles. The summed E-state index contributed by atoms with van der Waals surface area (Å²) in [5.74, 6) is -1.30. The molecule has 0 saturated heterocycles. The summed E-state index contributed by atoms with van der Waals surface area (Å²) >= 11 is 0.828. The summed E-state index contributed by atoms with van der Waals surface area (Å²) in [6, 6.07) is 0.606. The lowest BCUT2D eigenvalue weighted by Crippen LogP contribution is -2.07. The van der Waals surface area contributed by atoms with Gasteiger partial charge in [-0.3, -0.25) is 20.2 Å². The number of nitrogens with one attached hydrogen (secondary N) is 1. The Balaban J connectivity index is 2.87. The van der Waals surface area contributed by atoms with Crippen molar-refractivity contribution in [3.63, 3.8) is 0 Å². The number of halogens is 3. The number of benzene rings is 1. The molecule has 0 spiro atoms. The average molecular weight is 348 g/mol. The molecule has 8 nitrogen and oxygen atoms in total. The third kappa shape index (κ3) is 3.11. The van der Waals surface area contributed by atoms with E-state index in [-0.39, 0.29) is 10.6 Å². The summed E-state index contributed by atoms with van der Waals surface area (Å²) < 4.78 is 38.3. The minimum atomic E-state index is -4.87. The second-order valence-electron chi connectivity index (χ2n) is 4.16. The van der Waals surface area contributed by atoms with E-state index in [1.165, 1.54) is 6.08 Å². The molecule has 1 aromatic carbocycles. The number of nitro benzene ring substituents is 2. The Bertz CT molecular complexity index is 818. The first-order chi connectivity index (χ1) is 10.7. The fourth-order valence-electron chi connectivity index (χ4n) is 1.81. The molecule has 0 amide bonds. The maximum absolute atomic E-state index is 12.8. The fourth-order valence-corrected chi connectivity index (χ4v) is 2.67. The maximum atomic E-state index is 12.8. The number of imidazole rings is 1. The number of non-ortho nitro benzene ring substituents is 1. The van der Waals surface area contributed by atoms with Crippen molar-refractivity contribution in [3.05, 3.63) is 44.8 Å². The number of nitrogens with zero attached hydrogens (tertiary/aromatic N) is 3. The van der Waals surface area contributed by atoms with E-state index in [1.807, 2.05) is 4.98 Å². The van der Waals surface area contributed by atoms with Crippen LogP contribution < -0.4 is 0 Å². The first kappa shape index (κ1) is 16.7. The summed E-state index contributed by atoms with van der Waals surface area (Å²) in [6.45, 7) is 3.42. The van der Waals surface area contributed by atoms with Crippen molar-refractivity contribution in [2.45, 2.75) is 11.1 Å². The summed E-state index contributed by atoms with van der Waals surface area (Å²) in [7, 11) is 0. The van der Waals surface area contributed by atoms with Crippen molar-refractivity contribution < 1.29 is 23.0 Å². The van der Waals surface area contributed by atoms with Crippen molar-refractivity contribution in [3.8, 4) is 0 Å². The van der Waals surface area contributed by atoms with Crippen LogP contribution in [0.1, 0.15) is 5.82 Å². The number of nitro groups is 2. The van der Waals surface area contributed by atoms with Crippen molar-refractivity contribution >= 4 is 34.2 Å². The predicted octanol–water partition coefficient (Wildman–Crippen LogP) is 3.68. The van der Waals surface area contributed by atoms with E-state index >= 15 is 0 Å². The molecule has 0 radical (unpaired) electrons. The highest BCUT2D eigenvalue weighted by atomic mass is 32.2. The molecular formula is C11H7F3N4O4S. The molecule has 122 valence electrons. The monoisotopic (exact) mass is 348 g/mol.